The van der Waals surface area contributed by atoms with E-state index in [1.165, 1.54) is 0 Å². The number of ether oxygens (including phenoxy) is 2. The van der Waals surface area contributed by atoms with Crippen LogP contribution < -0.4 is 9.47 Å². The van der Waals surface area contributed by atoms with Crippen LogP contribution in [-0.4, -0.2) is 21.7 Å². The molecule has 3 rings (SSSR count). The van der Waals surface area contributed by atoms with Crippen molar-refractivity contribution in [3.63, 3.8) is 0 Å². The first-order valence-corrected chi connectivity index (χ1v) is 5.79. The summed E-state index contributed by atoms with van der Waals surface area (Å²) in [6.07, 6.45) is 0.936. The number of rotatable bonds is 2. The van der Waals surface area contributed by atoms with Gasteiger partial charge in [0.05, 0.1) is 10.7 Å². The Morgan fingerprint density at radius 2 is 2.28 bits per heavy atom. The number of aliphatic hydroxyl groups is 1. The van der Waals surface area contributed by atoms with E-state index in [1.807, 2.05) is 0 Å². The van der Waals surface area contributed by atoms with E-state index in [0.29, 0.717) is 27.8 Å². The van der Waals surface area contributed by atoms with E-state index < -0.39 is 6.10 Å². The largest absolute Gasteiger partial charge is 0.454 e. The highest BCUT2D eigenvalue weighted by Gasteiger charge is 2.22. The maximum absolute atomic E-state index is 10.2. The van der Waals surface area contributed by atoms with Gasteiger partial charge >= 0.3 is 0 Å². The number of aryl methyl sites for hydroxylation is 1. The highest BCUT2D eigenvalue weighted by molar-refractivity contribution is 6.32. The molecule has 6 heteroatoms. The van der Waals surface area contributed by atoms with Crippen molar-refractivity contribution >= 4 is 11.6 Å². The third kappa shape index (κ3) is 1.81. The zero-order valence-corrected chi connectivity index (χ0v) is 10.4. The molecule has 0 fully saturated rings. The summed E-state index contributed by atoms with van der Waals surface area (Å²) in [5.41, 5.74) is 1.19. The first-order chi connectivity index (χ1) is 8.65. The van der Waals surface area contributed by atoms with Gasteiger partial charge < -0.3 is 14.6 Å². The summed E-state index contributed by atoms with van der Waals surface area (Å²) in [5.74, 6) is 1.07. The Balaban J connectivity index is 2.00. The highest BCUT2D eigenvalue weighted by Crippen LogP contribution is 2.41. The Morgan fingerprint density at radius 1 is 1.44 bits per heavy atom. The molecule has 0 aliphatic carbocycles. The van der Waals surface area contributed by atoms with Crippen molar-refractivity contribution in [1.29, 1.82) is 0 Å². The van der Waals surface area contributed by atoms with Crippen molar-refractivity contribution in [2.75, 3.05) is 6.79 Å². The smallest absolute Gasteiger partial charge is 0.231 e. The van der Waals surface area contributed by atoms with E-state index in [0.717, 1.165) is 0 Å². The van der Waals surface area contributed by atoms with Gasteiger partial charge in [-0.1, -0.05) is 11.6 Å². The number of hydrogen-bond acceptors (Lipinski definition) is 4. The molecule has 1 aromatic heterocycles. The zero-order chi connectivity index (χ0) is 12.7. The molecule has 94 valence electrons. The molecule has 1 aliphatic heterocycles. The molecular formula is C12H11ClN2O3. The summed E-state index contributed by atoms with van der Waals surface area (Å²) in [6.45, 7) is 0.151. The Bertz CT molecular complexity index is 597. The molecule has 0 radical (unpaired) electrons. The van der Waals surface area contributed by atoms with Gasteiger partial charge in [-0.25, -0.2) is 0 Å². The van der Waals surface area contributed by atoms with Gasteiger partial charge in [0, 0.05) is 13.2 Å². The standard InChI is InChI=1S/C12H11ClN2O3/c1-15-3-2-9(14-15)11(16)7-4-8(13)12-10(5-7)17-6-18-12/h2-5,11,16H,6H2,1H3. The second-order valence-electron chi connectivity index (χ2n) is 4.05. The van der Waals surface area contributed by atoms with Crippen molar-refractivity contribution in [3.8, 4) is 11.5 Å². The molecule has 1 N–H and O–H groups in total. The van der Waals surface area contributed by atoms with E-state index in [-0.39, 0.29) is 6.79 Å². The van der Waals surface area contributed by atoms with Gasteiger partial charge in [-0.2, -0.15) is 5.10 Å². The Kier molecular flexibility index (Phi) is 2.65. The number of aromatic nitrogens is 2. The molecular weight excluding hydrogens is 256 g/mol. The van der Waals surface area contributed by atoms with Crippen LogP contribution >= 0.6 is 11.6 Å². The Morgan fingerprint density at radius 3 is 3.00 bits per heavy atom. The summed E-state index contributed by atoms with van der Waals surface area (Å²) in [6, 6.07) is 5.13. The quantitative estimate of drug-likeness (QED) is 0.902. The maximum Gasteiger partial charge on any atom is 0.231 e. The highest BCUT2D eigenvalue weighted by atomic mass is 35.5. The SMILES string of the molecule is Cn1ccc(C(O)c2cc(Cl)c3c(c2)OCO3)n1. The summed E-state index contributed by atoms with van der Waals surface area (Å²) in [5, 5.41) is 14.8. The van der Waals surface area contributed by atoms with Gasteiger partial charge in [0.2, 0.25) is 6.79 Å². The van der Waals surface area contributed by atoms with Crippen molar-refractivity contribution in [2.45, 2.75) is 6.10 Å². The summed E-state index contributed by atoms with van der Waals surface area (Å²) < 4.78 is 12.1. The lowest BCUT2D eigenvalue weighted by atomic mass is 10.1. The van der Waals surface area contributed by atoms with Gasteiger partial charge in [0.25, 0.3) is 0 Å². The fourth-order valence-electron chi connectivity index (χ4n) is 1.89. The van der Waals surface area contributed by atoms with Crippen molar-refractivity contribution in [2.24, 2.45) is 7.05 Å². The van der Waals surface area contributed by atoms with Crippen molar-refractivity contribution < 1.29 is 14.6 Å². The van der Waals surface area contributed by atoms with Gasteiger partial charge in [-0.3, -0.25) is 4.68 Å². The minimum absolute atomic E-state index is 0.151. The molecule has 0 saturated carbocycles. The monoisotopic (exact) mass is 266 g/mol. The van der Waals surface area contributed by atoms with Crippen LogP contribution in [0.1, 0.15) is 17.4 Å². The van der Waals surface area contributed by atoms with Gasteiger partial charge in [-0.15, -0.1) is 0 Å². The Labute approximate surface area is 109 Å². The molecule has 0 amide bonds. The second kappa shape index (κ2) is 4.19. The van der Waals surface area contributed by atoms with Crippen LogP contribution in [0.25, 0.3) is 0 Å². The van der Waals surface area contributed by atoms with Crippen LogP contribution in [-0.2, 0) is 7.05 Å². The minimum Gasteiger partial charge on any atom is -0.454 e. The predicted octanol–water partition coefficient (Wildman–Crippen LogP) is 1.88. The molecule has 1 aliphatic rings. The zero-order valence-electron chi connectivity index (χ0n) is 9.63. The molecule has 1 unspecified atom stereocenters. The van der Waals surface area contributed by atoms with Crippen LogP contribution in [0.15, 0.2) is 24.4 Å². The van der Waals surface area contributed by atoms with Crippen LogP contribution in [0.5, 0.6) is 11.5 Å². The maximum atomic E-state index is 10.2. The first kappa shape index (κ1) is 11.4. The number of halogens is 1. The summed E-state index contributed by atoms with van der Waals surface area (Å²) in [7, 11) is 1.79. The molecule has 2 aromatic rings. The van der Waals surface area contributed by atoms with Crippen LogP contribution in [0.2, 0.25) is 5.02 Å². The number of fused-ring (bicyclic) bond motifs is 1. The van der Waals surface area contributed by atoms with E-state index in [9.17, 15) is 5.11 Å². The predicted molar refractivity (Wildman–Crippen MR) is 64.8 cm³/mol. The summed E-state index contributed by atoms with van der Waals surface area (Å²) >= 11 is 6.07. The lowest BCUT2D eigenvalue weighted by Crippen LogP contribution is -2.02. The molecule has 5 nitrogen and oxygen atoms in total. The number of nitrogens with zero attached hydrogens (tertiary/aromatic N) is 2. The van der Waals surface area contributed by atoms with E-state index in [1.54, 1.807) is 36.1 Å². The van der Waals surface area contributed by atoms with E-state index in [4.69, 9.17) is 21.1 Å². The molecule has 0 spiro atoms. The third-order valence-corrected chi connectivity index (χ3v) is 3.06. The molecule has 1 atom stereocenters. The van der Waals surface area contributed by atoms with Gasteiger partial charge in [0.1, 0.15) is 6.10 Å². The second-order valence-corrected chi connectivity index (χ2v) is 4.46. The minimum atomic E-state index is -0.835. The number of hydrogen-bond donors (Lipinski definition) is 1. The van der Waals surface area contributed by atoms with Gasteiger partial charge in [-0.05, 0) is 23.8 Å². The lowest BCUT2D eigenvalue weighted by molar-refractivity contribution is 0.173. The molecule has 1 aromatic carbocycles. The topological polar surface area (TPSA) is 56.5 Å². The number of aliphatic hydroxyl groups excluding tert-OH is 1. The van der Waals surface area contributed by atoms with Crippen molar-refractivity contribution in [3.05, 3.63) is 40.7 Å². The molecule has 0 saturated heterocycles. The van der Waals surface area contributed by atoms with Crippen LogP contribution in [0, 0.1) is 0 Å². The summed E-state index contributed by atoms with van der Waals surface area (Å²) in [4.78, 5) is 0. The van der Waals surface area contributed by atoms with E-state index >= 15 is 0 Å². The third-order valence-electron chi connectivity index (χ3n) is 2.78. The fraction of sp³-hybridized carbons (Fsp3) is 0.250. The van der Waals surface area contributed by atoms with Gasteiger partial charge in [0.15, 0.2) is 11.5 Å². The van der Waals surface area contributed by atoms with Crippen LogP contribution in [0.3, 0.4) is 0 Å². The van der Waals surface area contributed by atoms with Crippen molar-refractivity contribution in [1.82, 2.24) is 9.78 Å². The van der Waals surface area contributed by atoms with E-state index in [2.05, 4.69) is 5.10 Å². The average molecular weight is 267 g/mol. The molecule has 18 heavy (non-hydrogen) atoms. The number of benzene rings is 1. The normalized spacial score (nSPS) is 14.8. The first-order valence-electron chi connectivity index (χ1n) is 5.42. The Hall–Kier alpha value is -1.72. The molecule has 2 heterocycles. The molecule has 0 bridgehead atoms. The fourth-order valence-corrected chi connectivity index (χ4v) is 2.17. The average Bonchev–Trinajstić information content (AvgIpc) is 2.96. The lowest BCUT2D eigenvalue weighted by Gasteiger charge is -2.10. The van der Waals surface area contributed by atoms with Crippen LogP contribution in [0.4, 0.5) is 0 Å².